The first-order valence-electron chi connectivity index (χ1n) is 5.49. The number of halogens is 2. The lowest BCUT2D eigenvalue weighted by atomic mass is 10.3. The number of hydrogen-bond acceptors (Lipinski definition) is 3. The lowest BCUT2D eigenvalue weighted by molar-refractivity contribution is 0.265. The topological polar surface area (TPSA) is 34.4 Å². The molecule has 0 bridgehead atoms. The maximum atomic E-state index is 13.0. The van der Waals surface area contributed by atoms with E-state index in [4.69, 9.17) is 9.15 Å². The van der Waals surface area contributed by atoms with E-state index in [9.17, 15) is 4.39 Å². The molecule has 0 fully saturated rings. The molecule has 0 aliphatic heterocycles. The van der Waals surface area contributed by atoms with Gasteiger partial charge in [0, 0.05) is 0 Å². The number of nitrogens with one attached hydrogen (secondary N) is 1. The first kappa shape index (κ1) is 13.1. The Balaban J connectivity index is 1.95. The summed E-state index contributed by atoms with van der Waals surface area (Å²) < 4.78 is 24.4. The third-order valence-corrected chi connectivity index (χ3v) is 2.95. The molecule has 0 aliphatic carbocycles. The van der Waals surface area contributed by atoms with Crippen molar-refractivity contribution in [1.29, 1.82) is 0 Å². The van der Waals surface area contributed by atoms with E-state index in [1.807, 2.05) is 19.2 Å². The molecule has 0 aliphatic rings. The Morgan fingerprint density at radius 3 is 2.78 bits per heavy atom. The third-order valence-electron chi connectivity index (χ3n) is 2.34. The molecule has 2 aromatic rings. The van der Waals surface area contributed by atoms with Gasteiger partial charge in [0.2, 0.25) is 0 Å². The minimum Gasteiger partial charge on any atom is -0.486 e. The molecule has 3 nitrogen and oxygen atoms in total. The Hall–Kier alpha value is -1.33. The largest absolute Gasteiger partial charge is 0.486 e. The fourth-order valence-electron chi connectivity index (χ4n) is 1.49. The summed E-state index contributed by atoms with van der Waals surface area (Å²) in [5, 5.41) is 3.00. The summed E-state index contributed by atoms with van der Waals surface area (Å²) in [4.78, 5) is 0. The number of hydrogen-bond donors (Lipinski definition) is 1. The predicted molar refractivity (Wildman–Crippen MR) is 69.9 cm³/mol. The maximum absolute atomic E-state index is 13.0. The maximum Gasteiger partial charge on any atom is 0.146 e. The van der Waals surface area contributed by atoms with Crippen LogP contribution in [0.25, 0.3) is 0 Å². The van der Waals surface area contributed by atoms with E-state index in [-0.39, 0.29) is 5.82 Å². The summed E-state index contributed by atoms with van der Waals surface area (Å²) in [6, 6.07) is 8.29. The molecule has 96 valence electrons. The van der Waals surface area contributed by atoms with Crippen molar-refractivity contribution >= 4 is 15.9 Å². The number of ether oxygens (including phenoxy) is 1. The standard InChI is InChI=1S/C13H13BrFNO2/c1-16-7-10-2-3-11(18-10)8-17-9-4-5-13(15)12(14)6-9/h2-6,16H,7-8H2,1H3. The second-order valence-corrected chi connectivity index (χ2v) is 4.62. The molecule has 0 amide bonds. The van der Waals surface area contributed by atoms with Gasteiger partial charge in [-0.05, 0) is 53.3 Å². The normalized spacial score (nSPS) is 10.6. The van der Waals surface area contributed by atoms with E-state index in [0.717, 1.165) is 11.5 Å². The van der Waals surface area contributed by atoms with Crippen LogP contribution in [0.15, 0.2) is 39.2 Å². The van der Waals surface area contributed by atoms with Crippen LogP contribution in [0.5, 0.6) is 5.75 Å². The van der Waals surface area contributed by atoms with Crippen molar-refractivity contribution in [3.8, 4) is 5.75 Å². The monoisotopic (exact) mass is 313 g/mol. The van der Waals surface area contributed by atoms with Gasteiger partial charge in [0.05, 0.1) is 11.0 Å². The highest BCUT2D eigenvalue weighted by Gasteiger charge is 2.04. The van der Waals surface area contributed by atoms with Crippen molar-refractivity contribution in [2.45, 2.75) is 13.2 Å². The highest BCUT2D eigenvalue weighted by atomic mass is 79.9. The van der Waals surface area contributed by atoms with Crippen LogP contribution in [-0.4, -0.2) is 7.05 Å². The fraction of sp³-hybridized carbons (Fsp3) is 0.231. The van der Waals surface area contributed by atoms with E-state index >= 15 is 0 Å². The molecule has 18 heavy (non-hydrogen) atoms. The molecule has 5 heteroatoms. The molecule has 0 unspecified atom stereocenters. The van der Waals surface area contributed by atoms with Gasteiger partial charge >= 0.3 is 0 Å². The highest BCUT2D eigenvalue weighted by molar-refractivity contribution is 9.10. The van der Waals surface area contributed by atoms with E-state index in [0.29, 0.717) is 23.4 Å². The average Bonchev–Trinajstić information content (AvgIpc) is 2.79. The number of rotatable bonds is 5. The predicted octanol–water partition coefficient (Wildman–Crippen LogP) is 3.48. The van der Waals surface area contributed by atoms with Crippen LogP contribution < -0.4 is 10.1 Å². The zero-order chi connectivity index (χ0) is 13.0. The minimum atomic E-state index is -0.309. The van der Waals surface area contributed by atoms with Crippen LogP contribution in [0.3, 0.4) is 0 Å². The van der Waals surface area contributed by atoms with Gasteiger partial charge in [-0.15, -0.1) is 0 Å². The molecule has 2 rings (SSSR count). The van der Waals surface area contributed by atoms with E-state index < -0.39 is 0 Å². The Bertz CT molecular complexity index is 527. The van der Waals surface area contributed by atoms with E-state index in [1.165, 1.54) is 6.07 Å². The van der Waals surface area contributed by atoms with Crippen molar-refractivity contribution in [1.82, 2.24) is 5.32 Å². The Morgan fingerprint density at radius 1 is 1.28 bits per heavy atom. The van der Waals surface area contributed by atoms with Crippen molar-refractivity contribution in [2.24, 2.45) is 0 Å². The quantitative estimate of drug-likeness (QED) is 0.917. The first-order chi connectivity index (χ1) is 8.69. The molecule has 1 N–H and O–H groups in total. The summed E-state index contributed by atoms with van der Waals surface area (Å²) in [5.41, 5.74) is 0. The number of furan rings is 1. The lowest BCUT2D eigenvalue weighted by Gasteiger charge is -2.05. The van der Waals surface area contributed by atoms with Gasteiger partial charge < -0.3 is 14.5 Å². The van der Waals surface area contributed by atoms with Gasteiger partial charge in [-0.25, -0.2) is 4.39 Å². The first-order valence-corrected chi connectivity index (χ1v) is 6.28. The Labute approximate surface area is 113 Å². The van der Waals surface area contributed by atoms with Crippen molar-refractivity contribution in [2.75, 3.05) is 7.05 Å². The average molecular weight is 314 g/mol. The summed E-state index contributed by atoms with van der Waals surface area (Å²) in [5.74, 6) is 1.88. The second kappa shape index (κ2) is 6.02. The summed E-state index contributed by atoms with van der Waals surface area (Å²) in [6.07, 6.45) is 0. The van der Waals surface area contributed by atoms with Crippen LogP contribution in [0.4, 0.5) is 4.39 Å². The van der Waals surface area contributed by atoms with Crippen LogP contribution >= 0.6 is 15.9 Å². The minimum absolute atomic E-state index is 0.309. The van der Waals surface area contributed by atoms with Crippen LogP contribution in [0.2, 0.25) is 0 Å². The third kappa shape index (κ3) is 3.34. The van der Waals surface area contributed by atoms with E-state index in [1.54, 1.807) is 12.1 Å². The summed E-state index contributed by atoms with van der Waals surface area (Å²) in [7, 11) is 1.86. The highest BCUT2D eigenvalue weighted by Crippen LogP contribution is 2.22. The van der Waals surface area contributed by atoms with Gasteiger partial charge in [0.1, 0.15) is 29.7 Å². The van der Waals surface area contributed by atoms with Crippen molar-refractivity contribution in [3.05, 3.63) is 52.1 Å². The van der Waals surface area contributed by atoms with Crippen molar-refractivity contribution < 1.29 is 13.5 Å². The van der Waals surface area contributed by atoms with Gasteiger partial charge in [-0.2, -0.15) is 0 Å². The van der Waals surface area contributed by atoms with Crippen LogP contribution in [0, 0.1) is 5.82 Å². The van der Waals surface area contributed by atoms with Gasteiger partial charge in [-0.3, -0.25) is 0 Å². The smallest absolute Gasteiger partial charge is 0.146 e. The molecule has 0 radical (unpaired) electrons. The summed E-state index contributed by atoms with van der Waals surface area (Å²) in [6.45, 7) is 1.00. The number of benzene rings is 1. The molecule has 0 atom stereocenters. The molecule has 1 heterocycles. The lowest BCUT2D eigenvalue weighted by Crippen LogP contribution is -2.03. The Kier molecular flexibility index (Phi) is 4.38. The molecule has 0 saturated heterocycles. The zero-order valence-electron chi connectivity index (χ0n) is 9.87. The SMILES string of the molecule is CNCc1ccc(COc2ccc(F)c(Br)c2)o1. The van der Waals surface area contributed by atoms with Crippen LogP contribution in [0.1, 0.15) is 11.5 Å². The Morgan fingerprint density at radius 2 is 2.06 bits per heavy atom. The molecular formula is C13H13BrFNO2. The van der Waals surface area contributed by atoms with Crippen molar-refractivity contribution in [3.63, 3.8) is 0 Å². The molecular weight excluding hydrogens is 301 g/mol. The fourth-order valence-corrected chi connectivity index (χ4v) is 1.85. The van der Waals surface area contributed by atoms with E-state index in [2.05, 4.69) is 21.2 Å². The molecule has 0 saturated carbocycles. The second-order valence-electron chi connectivity index (χ2n) is 3.76. The van der Waals surface area contributed by atoms with Gasteiger partial charge in [-0.1, -0.05) is 0 Å². The summed E-state index contributed by atoms with van der Waals surface area (Å²) >= 11 is 3.11. The van der Waals surface area contributed by atoms with Gasteiger partial charge in [0.25, 0.3) is 0 Å². The molecule has 1 aromatic heterocycles. The van der Waals surface area contributed by atoms with Crippen LogP contribution in [-0.2, 0) is 13.2 Å². The zero-order valence-corrected chi connectivity index (χ0v) is 11.5. The van der Waals surface area contributed by atoms with Gasteiger partial charge in [0.15, 0.2) is 0 Å². The molecule has 0 spiro atoms. The molecule has 1 aromatic carbocycles.